The van der Waals surface area contributed by atoms with Gasteiger partial charge in [0, 0.05) is 23.4 Å². The highest BCUT2D eigenvalue weighted by Crippen LogP contribution is 2.21. The van der Waals surface area contributed by atoms with Crippen LogP contribution in [0.3, 0.4) is 0 Å². The first kappa shape index (κ1) is 13.0. The third kappa shape index (κ3) is 4.98. The van der Waals surface area contributed by atoms with Gasteiger partial charge in [-0.1, -0.05) is 25.4 Å². The second-order valence-corrected chi connectivity index (χ2v) is 6.25. The lowest BCUT2D eigenvalue weighted by atomic mass is 9.95. The summed E-state index contributed by atoms with van der Waals surface area (Å²) in [7, 11) is 0. The highest BCUT2D eigenvalue weighted by atomic mass is 35.5. The Morgan fingerprint density at radius 1 is 1.47 bits per heavy atom. The molecule has 86 valence electrons. The van der Waals surface area contributed by atoms with Crippen molar-refractivity contribution in [2.24, 2.45) is 5.41 Å². The van der Waals surface area contributed by atoms with E-state index in [2.05, 4.69) is 11.4 Å². The highest BCUT2D eigenvalue weighted by molar-refractivity contribution is 7.16. The minimum Gasteiger partial charge on any atom is -0.396 e. The molecule has 1 rings (SSSR count). The molecular formula is C11H18ClNOS. The fraction of sp³-hybridized carbons (Fsp3) is 0.636. The number of thiophene rings is 1. The van der Waals surface area contributed by atoms with E-state index in [1.165, 1.54) is 4.88 Å². The molecule has 0 saturated heterocycles. The average molecular weight is 248 g/mol. The first-order valence-electron chi connectivity index (χ1n) is 5.09. The predicted molar refractivity (Wildman–Crippen MR) is 66.8 cm³/mol. The molecule has 0 aliphatic rings. The SMILES string of the molecule is CC(C)(CO)CNCCc1ccc(Cl)s1. The van der Waals surface area contributed by atoms with Gasteiger partial charge in [0.2, 0.25) is 0 Å². The number of hydrogen-bond acceptors (Lipinski definition) is 3. The van der Waals surface area contributed by atoms with Gasteiger partial charge >= 0.3 is 0 Å². The maximum Gasteiger partial charge on any atom is 0.0931 e. The summed E-state index contributed by atoms with van der Waals surface area (Å²) in [5.74, 6) is 0. The summed E-state index contributed by atoms with van der Waals surface area (Å²) in [5.41, 5.74) is -0.0346. The van der Waals surface area contributed by atoms with Gasteiger partial charge in [-0.15, -0.1) is 11.3 Å². The summed E-state index contributed by atoms with van der Waals surface area (Å²) in [4.78, 5) is 1.30. The zero-order valence-corrected chi connectivity index (χ0v) is 10.8. The average Bonchev–Trinajstić information content (AvgIpc) is 2.59. The van der Waals surface area contributed by atoms with Crippen LogP contribution in [0.5, 0.6) is 0 Å². The van der Waals surface area contributed by atoms with Crippen molar-refractivity contribution in [3.8, 4) is 0 Å². The maximum atomic E-state index is 9.06. The van der Waals surface area contributed by atoms with Crippen molar-refractivity contribution in [3.05, 3.63) is 21.3 Å². The van der Waals surface area contributed by atoms with E-state index in [4.69, 9.17) is 16.7 Å². The molecule has 4 heteroatoms. The van der Waals surface area contributed by atoms with Crippen LogP contribution in [0.4, 0.5) is 0 Å². The van der Waals surface area contributed by atoms with Gasteiger partial charge < -0.3 is 10.4 Å². The molecule has 1 aromatic heterocycles. The van der Waals surface area contributed by atoms with E-state index in [1.807, 2.05) is 19.9 Å². The van der Waals surface area contributed by atoms with E-state index < -0.39 is 0 Å². The van der Waals surface area contributed by atoms with E-state index in [0.717, 1.165) is 23.8 Å². The van der Waals surface area contributed by atoms with E-state index >= 15 is 0 Å². The quantitative estimate of drug-likeness (QED) is 0.758. The lowest BCUT2D eigenvalue weighted by Crippen LogP contribution is -2.33. The molecule has 0 radical (unpaired) electrons. The molecule has 2 N–H and O–H groups in total. The van der Waals surface area contributed by atoms with Gasteiger partial charge in [0.1, 0.15) is 0 Å². The van der Waals surface area contributed by atoms with Crippen LogP contribution in [0.15, 0.2) is 12.1 Å². The molecule has 1 heterocycles. The molecule has 0 spiro atoms. The smallest absolute Gasteiger partial charge is 0.0931 e. The van der Waals surface area contributed by atoms with Gasteiger partial charge in [0.25, 0.3) is 0 Å². The van der Waals surface area contributed by atoms with Crippen LogP contribution in [-0.4, -0.2) is 24.8 Å². The van der Waals surface area contributed by atoms with Crippen LogP contribution in [0, 0.1) is 5.41 Å². The van der Waals surface area contributed by atoms with Crippen molar-refractivity contribution in [2.45, 2.75) is 20.3 Å². The van der Waals surface area contributed by atoms with Crippen LogP contribution < -0.4 is 5.32 Å². The van der Waals surface area contributed by atoms with Gasteiger partial charge in [-0.3, -0.25) is 0 Å². The van der Waals surface area contributed by atoms with Crippen molar-refractivity contribution in [1.82, 2.24) is 5.32 Å². The van der Waals surface area contributed by atoms with E-state index in [1.54, 1.807) is 11.3 Å². The molecular weight excluding hydrogens is 230 g/mol. The number of halogens is 1. The second-order valence-electron chi connectivity index (χ2n) is 4.45. The van der Waals surface area contributed by atoms with Crippen LogP contribution in [0.2, 0.25) is 4.34 Å². The molecule has 0 aliphatic carbocycles. The topological polar surface area (TPSA) is 32.3 Å². The van der Waals surface area contributed by atoms with E-state index in [9.17, 15) is 0 Å². The number of rotatable bonds is 6. The van der Waals surface area contributed by atoms with Gasteiger partial charge in [-0.2, -0.15) is 0 Å². The standard InChI is InChI=1S/C11H18ClNOS/c1-11(2,8-14)7-13-6-5-9-3-4-10(12)15-9/h3-4,13-14H,5-8H2,1-2H3. The Labute approximate surface area is 100 Å². The molecule has 1 aromatic rings. The van der Waals surface area contributed by atoms with Gasteiger partial charge in [0.05, 0.1) is 4.34 Å². The summed E-state index contributed by atoms with van der Waals surface area (Å²) in [5, 5.41) is 12.4. The first-order chi connectivity index (χ1) is 7.03. The number of hydrogen-bond donors (Lipinski definition) is 2. The zero-order chi connectivity index (χ0) is 11.3. The molecule has 0 aliphatic heterocycles. The summed E-state index contributed by atoms with van der Waals surface area (Å²) < 4.78 is 0.848. The molecule has 0 aromatic carbocycles. The molecule has 0 saturated carbocycles. The Kier molecular flexibility index (Phi) is 5.06. The van der Waals surface area contributed by atoms with Crippen LogP contribution in [-0.2, 0) is 6.42 Å². The molecule has 0 atom stereocenters. The molecule has 0 unspecified atom stereocenters. The monoisotopic (exact) mass is 247 g/mol. The number of nitrogens with one attached hydrogen (secondary N) is 1. The summed E-state index contributed by atoms with van der Waals surface area (Å²) in [6.07, 6.45) is 0.999. The normalized spacial score (nSPS) is 12.0. The van der Waals surface area contributed by atoms with Crippen molar-refractivity contribution in [3.63, 3.8) is 0 Å². The minimum atomic E-state index is -0.0346. The van der Waals surface area contributed by atoms with Crippen LogP contribution >= 0.6 is 22.9 Å². The van der Waals surface area contributed by atoms with Gasteiger partial charge in [-0.25, -0.2) is 0 Å². The van der Waals surface area contributed by atoms with E-state index in [0.29, 0.717) is 0 Å². The van der Waals surface area contributed by atoms with Gasteiger partial charge in [-0.05, 0) is 25.1 Å². The molecule has 0 amide bonds. The lowest BCUT2D eigenvalue weighted by Gasteiger charge is -2.21. The van der Waals surface area contributed by atoms with Crippen molar-refractivity contribution >= 4 is 22.9 Å². The summed E-state index contributed by atoms with van der Waals surface area (Å²) in [6.45, 7) is 6.07. The van der Waals surface area contributed by atoms with E-state index in [-0.39, 0.29) is 12.0 Å². The zero-order valence-electron chi connectivity index (χ0n) is 9.22. The Balaban J connectivity index is 2.17. The maximum absolute atomic E-state index is 9.06. The van der Waals surface area contributed by atoms with Crippen LogP contribution in [0.1, 0.15) is 18.7 Å². The molecule has 15 heavy (non-hydrogen) atoms. The second kappa shape index (κ2) is 5.85. The lowest BCUT2D eigenvalue weighted by molar-refractivity contribution is 0.157. The van der Waals surface area contributed by atoms with Crippen molar-refractivity contribution < 1.29 is 5.11 Å². The first-order valence-corrected chi connectivity index (χ1v) is 6.29. The highest BCUT2D eigenvalue weighted by Gasteiger charge is 2.15. The Morgan fingerprint density at radius 2 is 2.20 bits per heavy atom. The minimum absolute atomic E-state index is 0.0346. The Bertz CT molecular complexity index is 299. The van der Waals surface area contributed by atoms with Crippen molar-refractivity contribution in [2.75, 3.05) is 19.7 Å². The molecule has 2 nitrogen and oxygen atoms in total. The third-order valence-electron chi connectivity index (χ3n) is 2.21. The predicted octanol–water partition coefficient (Wildman–Crippen LogP) is 2.55. The van der Waals surface area contributed by atoms with Gasteiger partial charge in [0.15, 0.2) is 0 Å². The number of aliphatic hydroxyl groups is 1. The fourth-order valence-corrected chi connectivity index (χ4v) is 2.27. The third-order valence-corrected chi connectivity index (χ3v) is 3.50. The Morgan fingerprint density at radius 3 is 2.73 bits per heavy atom. The van der Waals surface area contributed by atoms with Crippen molar-refractivity contribution in [1.29, 1.82) is 0 Å². The Hall–Kier alpha value is -0.0900. The fourth-order valence-electron chi connectivity index (χ4n) is 1.18. The molecule has 0 bridgehead atoms. The van der Waals surface area contributed by atoms with Crippen LogP contribution in [0.25, 0.3) is 0 Å². The number of aliphatic hydroxyl groups excluding tert-OH is 1. The molecule has 0 fully saturated rings. The largest absolute Gasteiger partial charge is 0.396 e. The summed E-state index contributed by atoms with van der Waals surface area (Å²) >= 11 is 7.46. The summed E-state index contributed by atoms with van der Waals surface area (Å²) in [6, 6.07) is 3.99.